The van der Waals surface area contributed by atoms with E-state index in [4.69, 9.17) is 4.42 Å². The van der Waals surface area contributed by atoms with Crippen molar-refractivity contribution in [1.82, 2.24) is 0 Å². The first-order valence-electron chi connectivity index (χ1n) is 21.2. The molecule has 11 aromatic rings. The van der Waals surface area contributed by atoms with E-state index in [1.54, 1.807) is 0 Å². The van der Waals surface area contributed by atoms with Crippen LogP contribution in [0.1, 0.15) is 0 Å². The van der Waals surface area contributed by atoms with Crippen molar-refractivity contribution in [1.29, 1.82) is 0 Å². The summed E-state index contributed by atoms with van der Waals surface area (Å²) in [5, 5.41) is 2.21. The molecular weight excluding hydrogens is 751 g/mol. The SMILES string of the molecule is c1ccc(-c2ccc(-c3cccc(N(c4ccc5c(c4)oc4ccccc45)c4ccccc4-c4cccc(-c5ccccc5)c4-c4ccccc4-c4ccccc4)c3)cc2)cc1. The lowest BCUT2D eigenvalue weighted by Crippen LogP contribution is -2.11. The molecule has 2 heteroatoms. The van der Waals surface area contributed by atoms with Gasteiger partial charge in [-0.1, -0.05) is 206 Å². The van der Waals surface area contributed by atoms with Crippen molar-refractivity contribution in [3.05, 3.63) is 249 Å². The van der Waals surface area contributed by atoms with E-state index >= 15 is 0 Å². The van der Waals surface area contributed by atoms with Crippen LogP contribution in [0.25, 0.3) is 88.7 Å². The van der Waals surface area contributed by atoms with E-state index in [0.29, 0.717) is 0 Å². The lowest BCUT2D eigenvalue weighted by atomic mass is 9.84. The first-order chi connectivity index (χ1) is 30.8. The average Bonchev–Trinajstić information content (AvgIpc) is 3.73. The summed E-state index contributed by atoms with van der Waals surface area (Å²) in [6.07, 6.45) is 0. The molecule has 1 heterocycles. The molecular formula is C60H41NO. The van der Waals surface area contributed by atoms with Crippen molar-refractivity contribution in [3.63, 3.8) is 0 Å². The number of furan rings is 1. The van der Waals surface area contributed by atoms with Crippen molar-refractivity contribution in [3.8, 4) is 66.8 Å². The predicted octanol–water partition coefficient (Wildman–Crippen LogP) is 17.1. The van der Waals surface area contributed by atoms with Crippen LogP contribution in [-0.2, 0) is 0 Å². The van der Waals surface area contributed by atoms with Gasteiger partial charge in [-0.2, -0.15) is 0 Å². The maximum atomic E-state index is 6.54. The number of benzene rings is 10. The highest BCUT2D eigenvalue weighted by molar-refractivity contribution is 6.07. The van der Waals surface area contributed by atoms with Crippen LogP contribution in [0.15, 0.2) is 253 Å². The van der Waals surface area contributed by atoms with E-state index in [9.17, 15) is 0 Å². The molecule has 0 bridgehead atoms. The second kappa shape index (κ2) is 16.1. The van der Waals surface area contributed by atoms with Crippen molar-refractivity contribution in [2.24, 2.45) is 0 Å². The smallest absolute Gasteiger partial charge is 0.137 e. The van der Waals surface area contributed by atoms with Crippen LogP contribution in [-0.4, -0.2) is 0 Å². The van der Waals surface area contributed by atoms with E-state index in [2.05, 4.69) is 241 Å². The zero-order valence-electron chi connectivity index (χ0n) is 34.0. The fourth-order valence-corrected chi connectivity index (χ4v) is 8.98. The fourth-order valence-electron chi connectivity index (χ4n) is 8.98. The second-order valence-corrected chi connectivity index (χ2v) is 15.6. The lowest BCUT2D eigenvalue weighted by Gasteiger charge is -2.29. The topological polar surface area (TPSA) is 16.4 Å². The van der Waals surface area contributed by atoms with Crippen LogP contribution in [0.3, 0.4) is 0 Å². The molecule has 0 saturated carbocycles. The Morgan fingerprint density at radius 3 is 1.48 bits per heavy atom. The first-order valence-corrected chi connectivity index (χ1v) is 21.2. The molecule has 292 valence electrons. The maximum Gasteiger partial charge on any atom is 0.137 e. The summed E-state index contributed by atoms with van der Waals surface area (Å²) < 4.78 is 6.54. The third-order valence-corrected chi connectivity index (χ3v) is 11.9. The molecule has 0 saturated heterocycles. The van der Waals surface area contributed by atoms with E-state index in [0.717, 1.165) is 61.3 Å². The number of hydrogen-bond donors (Lipinski definition) is 0. The molecule has 0 radical (unpaired) electrons. The zero-order valence-corrected chi connectivity index (χ0v) is 34.0. The van der Waals surface area contributed by atoms with Gasteiger partial charge in [0.1, 0.15) is 11.2 Å². The first kappa shape index (κ1) is 36.8. The average molecular weight is 792 g/mol. The molecule has 0 aliphatic rings. The Morgan fingerprint density at radius 2 is 0.742 bits per heavy atom. The highest BCUT2D eigenvalue weighted by Gasteiger charge is 2.23. The lowest BCUT2D eigenvalue weighted by molar-refractivity contribution is 0.669. The van der Waals surface area contributed by atoms with Crippen molar-refractivity contribution < 1.29 is 4.42 Å². The van der Waals surface area contributed by atoms with E-state index in [-0.39, 0.29) is 0 Å². The summed E-state index contributed by atoms with van der Waals surface area (Å²) in [5.41, 5.74) is 18.9. The van der Waals surface area contributed by atoms with E-state index < -0.39 is 0 Å². The van der Waals surface area contributed by atoms with Gasteiger partial charge in [0, 0.05) is 33.8 Å². The minimum atomic E-state index is 0.849. The Kier molecular flexibility index (Phi) is 9.57. The van der Waals surface area contributed by atoms with Crippen LogP contribution >= 0.6 is 0 Å². The Balaban J connectivity index is 1.13. The fraction of sp³-hybridized carbons (Fsp3) is 0. The van der Waals surface area contributed by atoms with Crippen LogP contribution in [0, 0.1) is 0 Å². The van der Waals surface area contributed by atoms with Gasteiger partial charge in [-0.15, -0.1) is 0 Å². The van der Waals surface area contributed by atoms with Crippen molar-refractivity contribution >= 4 is 39.0 Å². The maximum absolute atomic E-state index is 6.54. The molecule has 0 aliphatic carbocycles. The van der Waals surface area contributed by atoms with Gasteiger partial charge in [0.2, 0.25) is 0 Å². The number of fused-ring (bicyclic) bond motifs is 3. The van der Waals surface area contributed by atoms with Crippen molar-refractivity contribution in [2.75, 3.05) is 4.90 Å². The van der Waals surface area contributed by atoms with Gasteiger partial charge in [0.05, 0.1) is 5.69 Å². The molecule has 0 fully saturated rings. The summed E-state index contributed by atoms with van der Waals surface area (Å²) in [5.74, 6) is 0. The zero-order chi connectivity index (χ0) is 41.2. The largest absolute Gasteiger partial charge is 0.456 e. The minimum absolute atomic E-state index is 0.849. The Bertz CT molecular complexity index is 3330. The molecule has 0 unspecified atom stereocenters. The van der Waals surface area contributed by atoms with Gasteiger partial charge in [-0.25, -0.2) is 0 Å². The standard InChI is InChI=1S/C60H41NO/c1-4-18-42(19-5-1)43-34-36-44(37-35-43)47-24-16-25-48(40-47)61(49-38-39-54-53-28-13-15-33-58(53)62-59(54)41-49)57-32-14-12-27-52(57)56-31-17-30-51(46-22-8-3-9-23-46)60(56)55-29-11-10-26-50(55)45-20-6-2-7-21-45/h1-41H. The van der Waals surface area contributed by atoms with E-state index in [1.807, 2.05) is 12.1 Å². The Hall–Kier alpha value is -8.20. The van der Waals surface area contributed by atoms with Gasteiger partial charge < -0.3 is 9.32 Å². The van der Waals surface area contributed by atoms with Crippen LogP contribution in [0.4, 0.5) is 17.1 Å². The summed E-state index contributed by atoms with van der Waals surface area (Å²) in [6.45, 7) is 0. The summed E-state index contributed by atoms with van der Waals surface area (Å²) in [4.78, 5) is 2.39. The third-order valence-electron chi connectivity index (χ3n) is 11.9. The van der Waals surface area contributed by atoms with E-state index in [1.165, 1.54) is 44.5 Å². The highest BCUT2D eigenvalue weighted by Crippen LogP contribution is 2.49. The number of para-hydroxylation sites is 2. The molecule has 0 aliphatic heterocycles. The van der Waals surface area contributed by atoms with Crippen molar-refractivity contribution in [2.45, 2.75) is 0 Å². The number of rotatable bonds is 9. The van der Waals surface area contributed by atoms with Gasteiger partial charge in [-0.05, 0) is 97.6 Å². The van der Waals surface area contributed by atoms with Gasteiger partial charge in [0.25, 0.3) is 0 Å². The molecule has 0 N–H and O–H groups in total. The second-order valence-electron chi connectivity index (χ2n) is 15.6. The quantitative estimate of drug-likeness (QED) is 0.145. The van der Waals surface area contributed by atoms with Gasteiger partial charge in [0.15, 0.2) is 0 Å². The van der Waals surface area contributed by atoms with Gasteiger partial charge >= 0.3 is 0 Å². The van der Waals surface area contributed by atoms with Crippen LogP contribution in [0.5, 0.6) is 0 Å². The summed E-state index contributed by atoms with van der Waals surface area (Å²) in [6, 6.07) is 89.1. The molecule has 11 rings (SSSR count). The summed E-state index contributed by atoms with van der Waals surface area (Å²) in [7, 11) is 0. The van der Waals surface area contributed by atoms with Crippen LogP contribution < -0.4 is 4.90 Å². The molecule has 1 aromatic heterocycles. The molecule has 0 amide bonds. The van der Waals surface area contributed by atoms with Crippen LogP contribution in [0.2, 0.25) is 0 Å². The Labute approximate surface area is 362 Å². The normalized spacial score (nSPS) is 11.2. The predicted molar refractivity (Wildman–Crippen MR) is 261 cm³/mol. The molecule has 2 nitrogen and oxygen atoms in total. The third kappa shape index (κ3) is 6.84. The monoisotopic (exact) mass is 791 g/mol. The number of hydrogen-bond acceptors (Lipinski definition) is 2. The highest BCUT2D eigenvalue weighted by atomic mass is 16.3. The molecule has 62 heavy (non-hydrogen) atoms. The summed E-state index contributed by atoms with van der Waals surface area (Å²) >= 11 is 0. The molecule has 10 aromatic carbocycles. The molecule has 0 spiro atoms. The van der Waals surface area contributed by atoms with Gasteiger partial charge in [-0.3, -0.25) is 0 Å². The number of anilines is 3. The Morgan fingerprint density at radius 1 is 0.258 bits per heavy atom. The minimum Gasteiger partial charge on any atom is -0.456 e. The number of nitrogens with zero attached hydrogens (tertiary/aromatic N) is 1. The molecule has 0 atom stereocenters.